The molecule has 0 atom stereocenters. The van der Waals surface area contributed by atoms with Gasteiger partial charge in [-0.05, 0) is 62.0 Å². The monoisotopic (exact) mass is 402 g/mol. The molecule has 0 unspecified atom stereocenters. The van der Waals surface area contributed by atoms with Gasteiger partial charge in [0.1, 0.15) is 11.5 Å². The van der Waals surface area contributed by atoms with Crippen LogP contribution in [-0.2, 0) is 4.79 Å². The molecule has 0 radical (unpaired) electrons. The van der Waals surface area contributed by atoms with Crippen LogP contribution in [0.1, 0.15) is 25.0 Å². The van der Waals surface area contributed by atoms with Crippen molar-refractivity contribution in [3.63, 3.8) is 0 Å². The predicted octanol–water partition coefficient (Wildman–Crippen LogP) is 5.08. The molecule has 0 aliphatic carbocycles. The molecular weight excluding hydrogens is 384 g/mol. The smallest absolute Gasteiger partial charge is 0.294 e. The van der Waals surface area contributed by atoms with Gasteiger partial charge >= 0.3 is 0 Å². The Labute approximate surface area is 167 Å². The highest BCUT2D eigenvalue weighted by molar-refractivity contribution is 8.18. The van der Waals surface area contributed by atoms with Gasteiger partial charge in [0.25, 0.3) is 11.1 Å². The second-order valence-electron chi connectivity index (χ2n) is 6.64. The van der Waals surface area contributed by atoms with E-state index in [1.54, 1.807) is 18.2 Å². The number of hydrogen-bond donors (Lipinski definition) is 0. The van der Waals surface area contributed by atoms with Crippen LogP contribution < -0.4 is 0 Å². The Morgan fingerprint density at radius 1 is 1.11 bits per heavy atom. The molecule has 4 rings (SSSR count). The van der Waals surface area contributed by atoms with Crippen LogP contribution in [0.15, 0.2) is 45.7 Å². The van der Waals surface area contributed by atoms with E-state index in [4.69, 9.17) is 16.0 Å². The Hall–Kier alpha value is -2.02. The number of furan rings is 1. The van der Waals surface area contributed by atoms with Crippen molar-refractivity contribution in [3.8, 4) is 11.3 Å². The number of carbonyl (C=O) groups is 2. The number of piperidine rings is 1. The number of benzene rings is 1. The summed E-state index contributed by atoms with van der Waals surface area (Å²) in [4.78, 5) is 28.8. The highest BCUT2D eigenvalue weighted by Gasteiger charge is 2.36. The summed E-state index contributed by atoms with van der Waals surface area (Å²) in [6.45, 7) is 2.23. The molecule has 3 heterocycles. The highest BCUT2D eigenvalue weighted by Crippen LogP contribution is 2.34. The Bertz CT molecular complexity index is 902. The van der Waals surface area contributed by atoms with E-state index in [0.29, 0.717) is 28.1 Å². The van der Waals surface area contributed by atoms with Crippen molar-refractivity contribution >= 4 is 40.6 Å². The molecular formula is C20H19ClN2O3S. The molecule has 0 saturated carbocycles. The van der Waals surface area contributed by atoms with Gasteiger partial charge in [-0.2, -0.15) is 0 Å². The van der Waals surface area contributed by atoms with E-state index in [0.717, 1.165) is 43.3 Å². The van der Waals surface area contributed by atoms with Gasteiger partial charge < -0.3 is 4.42 Å². The first-order valence-corrected chi connectivity index (χ1v) is 10.1. The molecule has 0 spiro atoms. The molecule has 27 heavy (non-hydrogen) atoms. The minimum absolute atomic E-state index is 0.224. The zero-order chi connectivity index (χ0) is 18.8. The van der Waals surface area contributed by atoms with E-state index in [1.807, 2.05) is 24.3 Å². The summed E-state index contributed by atoms with van der Waals surface area (Å²) < 4.78 is 5.81. The zero-order valence-electron chi connectivity index (χ0n) is 14.7. The molecule has 0 N–H and O–H groups in total. The largest absolute Gasteiger partial charge is 0.457 e. The molecule has 2 aliphatic rings. The van der Waals surface area contributed by atoms with Gasteiger partial charge in [-0.3, -0.25) is 19.4 Å². The van der Waals surface area contributed by atoms with E-state index in [1.165, 1.54) is 11.3 Å². The molecule has 2 fully saturated rings. The van der Waals surface area contributed by atoms with Gasteiger partial charge in [0.2, 0.25) is 0 Å². The lowest BCUT2D eigenvalue weighted by molar-refractivity contribution is -0.124. The number of hydrogen-bond acceptors (Lipinski definition) is 5. The maximum atomic E-state index is 12.6. The van der Waals surface area contributed by atoms with Crippen molar-refractivity contribution in [1.82, 2.24) is 9.80 Å². The van der Waals surface area contributed by atoms with E-state index in [9.17, 15) is 9.59 Å². The summed E-state index contributed by atoms with van der Waals surface area (Å²) >= 11 is 6.99. The fourth-order valence-electron chi connectivity index (χ4n) is 3.28. The molecule has 1 aromatic heterocycles. The Morgan fingerprint density at radius 2 is 1.93 bits per heavy atom. The number of amides is 2. The van der Waals surface area contributed by atoms with Crippen molar-refractivity contribution in [3.05, 3.63) is 52.1 Å². The first kappa shape index (κ1) is 18.3. The standard InChI is InChI=1S/C20H19ClN2O3S/c21-15-6-4-5-14(11-15)17-8-7-16(26-17)12-18-19(24)23(20(25)27-18)13-22-9-2-1-3-10-22/h4-8,11-12H,1-3,9-10,13H2/b18-12+. The van der Waals surface area contributed by atoms with Crippen LogP contribution in [-0.4, -0.2) is 40.7 Å². The van der Waals surface area contributed by atoms with E-state index in [-0.39, 0.29) is 11.1 Å². The molecule has 2 aromatic rings. The van der Waals surface area contributed by atoms with Crippen LogP contribution >= 0.6 is 23.4 Å². The summed E-state index contributed by atoms with van der Waals surface area (Å²) in [6, 6.07) is 11.0. The minimum Gasteiger partial charge on any atom is -0.457 e. The molecule has 2 saturated heterocycles. The fourth-order valence-corrected chi connectivity index (χ4v) is 4.28. The maximum Gasteiger partial charge on any atom is 0.294 e. The van der Waals surface area contributed by atoms with Crippen LogP contribution in [0.4, 0.5) is 4.79 Å². The predicted molar refractivity (Wildman–Crippen MR) is 107 cm³/mol. The fraction of sp³-hybridized carbons (Fsp3) is 0.300. The van der Waals surface area contributed by atoms with Crippen molar-refractivity contribution in [2.45, 2.75) is 19.3 Å². The summed E-state index contributed by atoms with van der Waals surface area (Å²) in [6.07, 6.45) is 5.08. The van der Waals surface area contributed by atoms with Gasteiger partial charge in [0.15, 0.2) is 0 Å². The maximum absolute atomic E-state index is 12.6. The second kappa shape index (κ2) is 7.92. The van der Waals surface area contributed by atoms with Crippen molar-refractivity contribution in [1.29, 1.82) is 0 Å². The lowest BCUT2D eigenvalue weighted by Crippen LogP contribution is -2.42. The summed E-state index contributed by atoms with van der Waals surface area (Å²) in [5.74, 6) is 0.945. The average Bonchev–Trinajstić information content (AvgIpc) is 3.23. The van der Waals surface area contributed by atoms with Crippen LogP contribution in [0, 0.1) is 0 Å². The Balaban J connectivity index is 1.49. The number of thioether (sulfide) groups is 1. The van der Waals surface area contributed by atoms with Crippen LogP contribution in [0.2, 0.25) is 5.02 Å². The molecule has 5 nitrogen and oxygen atoms in total. The lowest BCUT2D eigenvalue weighted by atomic mass is 10.1. The third kappa shape index (κ3) is 4.13. The molecule has 1 aromatic carbocycles. The number of imide groups is 1. The SMILES string of the molecule is O=C1S/C(=C/c2ccc(-c3cccc(Cl)c3)o2)C(=O)N1CN1CCCCC1. The number of carbonyl (C=O) groups excluding carboxylic acids is 2. The third-order valence-electron chi connectivity index (χ3n) is 4.67. The third-order valence-corrected chi connectivity index (χ3v) is 5.82. The summed E-state index contributed by atoms with van der Waals surface area (Å²) in [7, 11) is 0. The highest BCUT2D eigenvalue weighted by atomic mass is 35.5. The van der Waals surface area contributed by atoms with Crippen LogP contribution in [0.5, 0.6) is 0 Å². The quantitative estimate of drug-likeness (QED) is 0.667. The van der Waals surface area contributed by atoms with Gasteiger partial charge in [-0.25, -0.2) is 0 Å². The van der Waals surface area contributed by atoms with E-state index < -0.39 is 0 Å². The minimum atomic E-state index is -0.253. The molecule has 2 amide bonds. The van der Waals surface area contributed by atoms with E-state index >= 15 is 0 Å². The first-order valence-electron chi connectivity index (χ1n) is 8.94. The number of nitrogens with zero attached hydrogens (tertiary/aromatic N) is 2. The molecule has 2 aliphatic heterocycles. The summed E-state index contributed by atoms with van der Waals surface area (Å²) in [5.41, 5.74) is 0.861. The van der Waals surface area contributed by atoms with Gasteiger partial charge in [-0.15, -0.1) is 0 Å². The average molecular weight is 403 g/mol. The van der Waals surface area contributed by atoms with E-state index in [2.05, 4.69) is 4.90 Å². The zero-order valence-corrected chi connectivity index (χ0v) is 16.3. The lowest BCUT2D eigenvalue weighted by Gasteiger charge is -2.29. The van der Waals surface area contributed by atoms with Crippen molar-refractivity contribution in [2.75, 3.05) is 19.8 Å². The molecule has 140 valence electrons. The topological polar surface area (TPSA) is 53.8 Å². The van der Waals surface area contributed by atoms with Gasteiger partial charge in [-0.1, -0.05) is 30.2 Å². The van der Waals surface area contributed by atoms with Crippen LogP contribution in [0.3, 0.4) is 0 Å². The second-order valence-corrected chi connectivity index (χ2v) is 8.07. The van der Waals surface area contributed by atoms with Gasteiger partial charge in [0, 0.05) is 16.7 Å². The Kier molecular flexibility index (Phi) is 5.38. The Morgan fingerprint density at radius 3 is 2.70 bits per heavy atom. The number of likely N-dealkylation sites (tertiary alicyclic amines) is 1. The molecule has 0 bridgehead atoms. The number of halogens is 1. The summed E-state index contributed by atoms with van der Waals surface area (Å²) in [5, 5.41) is 0.405. The first-order chi connectivity index (χ1) is 13.1. The van der Waals surface area contributed by atoms with Gasteiger partial charge in [0.05, 0.1) is 11.6 Å². The van der Waals surface area contributed by atoms with Crippen molar-refractivity contribution in [2.24, 2.45) is 0 Å². The molecule has 7 heteroatoms. The normalized spacial score (nSPS) is 20.0. The van der Waals surface area contributed by atoms with Crippen molar-refractivity contribution < 1.29 is 14.0 Å². The van der Waals surface area contributed by atoms with Crippen LogP contribution in [0.25, 0.3) is 17.4 Å². The number of rotatable bonds is 4.